The molecule has 0 bridgehead atoms. The molecule has 1 unspecified atom stereocenters. The van der Waals surface area contributed by atoms with E-state index < -0.39 is 6.04 Å². The minimum absolute atomic E-state index is 0.0766. The molecule has 0 saturated heterocycles. The number of thiophene rings is 1. The topological polar surface area (TPSA) is 53.5 Å². The van der Waals surface area contributed by atoms with Crippen LogP contribution in [0.3, 0.4) is 0 Å². The number of aliphatic imine (C=N–C) groups is 1. The number of ketones is 1. The third-order valence-electron chi connectivity index (χ3n) is 2.92. The normalized spacial score (nSPS) is 13.1. The van der Waals surface area contributed by atoms with E-state index in [9.17, 15) is 9.90 Å². The number of hydrogen-bond acceptors (Lipinski definition) is 5. The first-order chi connectivity index (χ1) is 10.2. The molecule has 0 aliphatic carbocycles. The maximum atomic E-state index is 12.7. The van der Waals surface area contributed by atoms with Crippen molar-refractivity contribution >= 4 is 34.8 Å². The second-order valence-corrected chi connectivity index (χ2v) is 5.74. The Morgan fingerprint density at radius 3 is 2.90 bits per heavy atom. The second kappa shape index (κ2) is 7.40. The molecule has 2 rings (SSSR count). The Labute approximate surface area is 133 Å². The molecule has 2 heterocycles. The molecule has 0 saturated carbocycles. The van der Waals surface area contributed by atoms with Crippen molar-refractivity contribution in [2.45, 2.75) is 19.6 Å². The average molecular weight is 320 g/mol. The van der Waals surface area contributed by atoms with Crippen molar-refractivity contribution in [3.8, 4) is 0 Å². The highest BCUT2D eigenvalue weighted by molar-refractivity contribution is 7.77. The number of aromatic nitrogens is 1. The van der Waals surface area contributed by atoms with Crippen LogP contribution in [0.15, 0.2) is 47.0 Å². The maximum Gasteiger partial charge on any atom is 0.244 e. The van der Waals surface area contributed by atoms with Crippen LogP contribution in [0.1, 0.15) is 28.2 Å². The highest BCUT2D eigenvalue weighted by Crippen LogP contribution is 2.16. The lowest BCUT2D eigenvalue weighted by molar-refractivity contribution is -0.692. The van der Waals surface area contributed by atoms with Crippen LogP contribution in [0.5, 0.6) is 0 Å². The lowest BCUT2D eigenvalue weighted by Crippen LogP contribution is -2.47. The Morgan fingerprint density at radius 2 is 2.29 bits per heavy atom. The van der Waals surface area contributed by atoms with Crippen molar-refractivity contribution in [2.24, 2.45) is 4.99 Å². The summed E-state index contributed by atoms with van der Waals surface area (Å²) in [5.41, 5.74) is 0.723. The highest BCUT2D eigenvalue weighted by atomic mass is 32.1. The molecule has 2 aromatic heterocycles. The average Bonchev–Trinajstić information content (AvgIpc) is 3.02. The number of Topliss-reactive ketones (excluding diaryl/α,β-unsaturated/α-hetero) is 1. The van der Waals surface area contributed by atoms with Crippen LogP contribution in [-0.2, 0) is 19.2 Å². The highest BCUT2D eigenvalue weighted by Gasteiger charge is 2.29. The minimum Gasteiger partial charge on any atom is -0.758 e. The summed E-state index contributed by atoms with van der Waals surface area (Å²) < 4.78 is 1.72. The van der Waals surface area contributed by atoms with E-state index in [4.69, 9.17) is 12.6 Å². The Balaban J connectivity index is 2.45. The summed E-state index contributed by atoms with van der Waals surface area (Å²) in [6, 6.07) is 6.55. The van der Waals surface area contributed by atoms with Crippen LogP contribution in [0, 0.1) is 0 Å². The van der Waals surface area contributed by atoms with Crippen LogP contribution in [0.4, 0.5) is 0 Å². The number of hydrogen-bond donors (Lipinski definition) is 1. The number of nitrogens with zero attached hydrogens (tertiary/aromatic N) is 2. The van der Waals surface area contributed by atoms with Crippen LogP contribution < -0.4 is 4.57 Å². The first-order valence-corrected chi connectivity index (χ1v) is 7.85. The van der Waals surface area contributed by atoms with Crippen molar-refractivity contribution in [1.29, 1.82) is 0 Å². The van der Waals surface area contributed by atoms with Crippen molar-refractivity contribution in [3.05, 3.63) is 52.5 Å². The van der Waals surface area contributed by atoms with Gasteiger partial charge >= 0.3 is 0 Å². The van der Waals surface area contributed by atoms with E-state index in [0.717, 1.165) is 5.56 Å². The van der Waals surface area contributed by atoms with Crippen molar-refractivity contribution in [2.75, 3.05) is 6.54 Å². The lowest BCUT2D eigenvalue weighted by atomic mass is 10.1. The van der Waals surface area contributed by atoms with Crippen LogP contribution in [-0.4, -0.2) is 22.5 Å². The van der Waals surface area contributed by atoms with Crippen LogP contribution in [0.2, 0.25) is 0 Å². The third kappa shape index (κ3) is 3.72. The molecule has 0 spiro atoms. The first kappa shape index (κ1) is 15.8. The molecule has 1 atom stereocenters. The molecule has 0 aliphatic rings. The quantitative estimate of drug-likeness (QED) is 0.291. The fourth-order valence-electron chi connectivity index (χ4n) is 1.97. The molecule has 4 nitrogen and oxygen atoms in total. The van der Waals surface area contributed by atoms with E-state index in [1.54, 1.807) is 35.2 Å². The van der Waals surface area contributed by atoms with E-state index >= 15 is 0 Å². The molecule has 0 aromatic carbocycles. The van der Waals surface area contributed by atoms with E-state index in [1.807, 2.05) is 18.4 Å². The van der Waals surface area contributed by atoms with Gasteiger partial charge in [0.25, 0.3) is 0 Å². The molecule has 0 fully saturated rings. The van der Waals surface area contributed by atoms with Gasteiger partial charge in [0.1, 0.15) is 0 Å². The van der Waals surface area contributed by atoms with Gasteiger partial charge in [0.15, 0.2) is 12.4 Å². The Morgan fingerprint density at radius 1 is 1.48 bits per heavy atom. The van der Waals surface area contributed by atoms with Gasteiger partial charge in [-0.3, -0.25) is 4.79 Å². The molecule has 0 aliphatic heterocycles. The Hall–Kier alpha value is -1.63. The van der Waals surface area contributed by atoms with Crippen molar-refractivity contribution < 1.29 is 14.5 Å². The van der Waals surface area contributed by atoms with E-state index in [0.29, 0.717) is 16.5 Å². The SMILES string of the molecule is CCN=C([S-])C(C(=O)c1cccs1)[n+]1cccc(CO)c1. The Bertz CT molecular complexity index is 639. The largest absolute Gasteiger partial charge is 0.758 e. The van der Waals surface area contributed by atoms with Gasteiger partial charge in [0.05, 0.1) is 11.5 Å². The maximum absolute atomic E-state index is 12.7. The fraction of sp³-hybridized carbons (Fsp3) is 0.267. The monoisotopic (exact) mass is 320 g/mol. The number of aliphatic hydroxyl groups excluding tert-OH is 1. The number of carbonyl (C=O) groups excluding carboxylic acids is 1. The summed E-state index contributed by atoms with van der Waals surface area (Å²) in [6.07, 6.45) is 3.50. The van der Waals surface area contributed by atoms with E-state index in [-0.39, 0.29) is 12.4 Å². The fourth-order valence-corrected chi connectivity index (χ4v) is 3.02. The summed E-state index contributed by atoms with van der Waals surface area (Å²) in [7, 11) is 0. The molecule has 0 amide bonds. The summed E-state index contributed by atoms with van der Waals surface area (Å²) in [4.78, 5) is 17.6. The van der Waals surface area contributed by atoms with E-state index in [2.05, 4.69) is 4.99 Å². The van der Waals surface area contributed by atoms with E-state index in [1.165, 1.54) is 11.3 Å². The van der Waals surface area contributed by atoms with Crippen LogP contribution >= 0.6 is 11.3 Å². The number of pyridine rings is 1. The van der Waals surface area contributed by atoms with Gasteiger partial charge in [0.2, 0.25) is 11.8 Å². The van der Waals surface area contributed by atoms with Gasteiger partial charge in [-0.05, 0) is 29.5 Å². The standard InChI is InChI=1S/C15H16N2O2S2/c1-2-16-15(20)13(14(19)12-6-4-8-21-12)17-7-3-5-11(9-17)10-18/h3-9,13,18H,2,10H2,1H3. The molecular weight excluding hydrogens is 304 g/mol. The minimum atomic E-state index is -0.648. The molecule has 110 valence electrons. The molecule has 2 aromatic rings. The smallest absolute Gasteiger partial charge is 0.244 e. The van der Waals surface area contributed by atoms with Gasteiger partial charge in [-0.2, -0.15) is 4.57 Å². The molecule has 21 heavy (non-hydrogen) atoms. The summed E-state index contributed by atoms with van der Waals surface area (Å²) in [6.45, 7) is 2.33. The van der Waals surface area contributed by atoms with Crippen molar-refractivity contribution in [3.63, 3.8) is 0 Å². The Kier molecular flexibility index (Phi) is 5.55. The predicted molar refractivity (Wildman–Crippen MR) is 85.6 cm³/mol. The zero-order valence-electron chi connectivity index (χ0n) is 11.6. The second-order valence-electron chi connectivity index (χ2n) is 4.37. The molecule has 0 radical (unpaired) electrons. The number of carbonyl (C=O) groups is 1. The van der Waals surface area contributed by atoms with Gasteiger partial charge in [-0.25, -0.2) is 0 Å². The van der Waals surface area contributed by atoms with Gasteiger partial charge < -0.3 is 22.7 Å². The van der Waals surface area contributed by atoms with Crippen molar-refractivity contribution in [1.82, 2.24) is 0 Å². The predicted octanol–water partition coefficient (Wildman–Crippen LogP) is 1.92. The number of rotatable bonds is 6. The number of aliphatic hydroxyl groups is 1. The summed E-state index contributed by atoms with van der Waals surface area (Å²) in [5.74, 6) is -0.0766. The zero-order valence-corrected chi connectivity index (χ0v) is 13.2. The van der Waals surface area contributed by atoms with Gasteiger partial charge in [0, 0.05) is 18.2 Å². The lowest BCUT2D eigenvalue weighted by Gasteiger charge is -2.18. The molecule has 6 heteroatoms. The van der Waals surface area contributed by atoms with Gasteiger partial charge in [-0.15, -0.1) is 11.3 Å². The first-order valence-electron chi connectivity index (χ1n) is 6.57. The molecular formula is C15H16N2O2S2. The third-order valence-corrected chi connectivity index (χ3v) is 4.16. The van der Waals surface area contributed by atoms with Crippen LogP contribution in [0.25, 0.3) is 0 Å². The van der Waals surface area contributed by atoms with Gasteiger partial charge in [-0.1, -0.05) is 6.07 Å². The summed E-state index contributed by atoms with van der Waals surface area (Å²) >= 11 is 6.71. The summed E-state index contributed by atoms with van der Waals surface area (Å²) in [5, 5.41) is 11.5. The zero-order chi connectivity index (χ0) is 15.2. The molecule has 1 N–H and O–H groups in total.